The quantitative estimate of drug-likeness (QED) is 0.697. The fraction of sp³-hybridized carbons (Fsp3) is 0.600. The van der Waals surface area contributed by atoms with Gasteiger partial charge in [-0.1, -0.05) is 6.07 Å². The molecule has 0 unspecified atom stereocenters. The third-order valence-corrected chi connectivity index (χ3v) is 4.53. The molecule has 0 amide bonds. The van der Waals surface area contributed by atoms with E-state index in [4.69, 9.17) is 0 Å². The van der Waals surface area contributed by atoms with E-state index in [0.29, 0.717) is 5.54 Å². The lowest BCUT2D eigenvalue weighted by atomic mass is 9.67. The highest BCUT2D eigenvalue weighted by molar-refractivity contribution is 7.10. The van der Waals surface area contributed by atoms with E-state index in [0.717, 1.165) is 5.92 Å². The maximum atomic E-state index is 3.68. The Hall–Kier alpha value is -0.340. The summed E-state index contributed by atoms with van der Waals surface area (Å²) in [7, 11) is 0. The molecule has 12 heavy (non-hydrogen) atoms. The van der Waals surface area contributed by atoms with Crippen molar-refractivity contribution in [3.8, 4) is 0 Å². The van der Waals surface area contributed by atoms with Gasteiger partial charge in [0, 0.05) is 4.88 Å². The van der Waals surface area contributed by atoms with Crippen LogP contribution in [0.4, 0.5) is 0 Å². The molecule has 1 aliphatic heterocycles. The molecule has 1 saturated heterocycles. The van der Waals surface area contributed by atoms with Crippen molar-refractivity contribution in [2.75, 3.05) is 6.54 Å². The van der Waals surface area contributed by atoms with E-state index < -0.39 is 0 Å². The predicted octanol–water partition coefficient (Wildman–Crippen LogP) is 2.35. The fourth-order valence-corrected chi connectivity index (χ4v) is 3.69. The molecular formula is C10H13NS. The van der Waals surface area contributed by atoms with E-state index in [9.17, 15) is 0 Å². The van der Waals surface area contributed by atoms with E-state index in [-0.39, 0.29) is 0 Å². The van der Waals surface area contributed by atoms with Crippen LogP contribution in [-0.4, -0.2) is 6.54 Å². The SMILES string of the molecule is c1csc([C@]23CC[C@@H]2CCN3)c1. The molecule has 1 N–H and O–H groups in total. The Morgan fingerprint density at radius 1 is 1.50 bits per heavy atom. The fourth-order valence-electron chi connectivity index (χ4n) is 2.67. The summed E-state index contributed by atoms with van der Waals surface area (Å²) in [4.78, 5) is 1.57. The normalized spacial score (nSPS) is 39.2. The average Bonchev–Trinajstić information content (AvgIpc) is 2.61. The number of hydrogen-bond donors (Lipinski definition) is 1. The molecular weight excluding hydrogens is 166 g/mol. The van der Waals surface area contributed by atoms with Gasteiger partial charge in [0.2, 0.25) is 0 Å². The van der Waals surface area contributed by atoms with Crippen LogP contribution in [0.3, 0.4) is 0 Å². The number of nitrogens with one attached hydrogen (secondary N) is 1. The van der Waals surface area contributed by atoms with Crippen molar-refractivity contribution in [2.45, 2.75) is 24.8 Å². The molecule has 1 aliphatic carbocycles. The molecule has 0 aromatic carbocycles. The number of hydrogen-bond acceptors (Lipinski definition) is 2. The molecule has 1 nitrogen and oxygen atoms in total. The zero-order valence-electron chi connectivity index (χ0n) is 7.05. The van der Waals surface area contributed by atoms with E-state index in [1.54, 1.807) is 4.88 Å². The van der Waals surface area contributed by atoms with Gasteiger partial charge < -0.3 is 5.32 Å². The highest BCUT2D eigenvalue weighted by Crippen LogP contribution is 2.52. The van der Waals surface area contributed by atoms with Gasteiger partial charge in [0.1, 0.15) is 0 Å². The first-order valence-corrected chi connectivity index (χ1v) is 5.59. The van der Waals surface area contributed by atoms with Gasteiger partial charge in [-0.05, 0) is 43.2 Å². The van der Waals surface area contributed by atoms with Gasteiger partial charge in [-0.2, -0.15) is 0 Å². The van der Waals surface area contributed by atoms with Gasteiger partial charge in [-0.15, -0.1) is 11.3 Å². The van der Waals surface area contributed by atoms with Crippen LogP contribution < -0.4 is 5.32 Å². The van der Waals surface area contributed by atoms with Crippen LogP contribution in [0.5, 0.6) is 0 Å². The molecule has 64 valence electrons. The van der Waals surface area contributed by atoms with Gasteiger partial charge in [-0.25, -0.2) is 0 Å². The molecule has 0 radical (unpaired) electrons. The molecule has 2 heteroatoms. The second-order valence-corrected chi connectivity index (χ2v) is 4.85. The standard InChI is InChI=1S/C10H13NS/c1-2-9(12-7-1)10-5-3-8(10)4-6-11-10/h1-2,7-8,11H,3-6H2/t8-,10+/m1/s1. The van der Waals surface area contributed by atoms with Crippen molar-refractivity contribution in [1.82, 2.24) is 5.32 Å². The Balaban J connectivity index is 2.01. The second-order valence-electron chi connectivity index (χ2n) is 3.90. The van der Waals surface area contributed by atoms with Crippen LogP contribution in [0.2, 0.25) is 0 Å². The van der Waals surface area contributed by atoms with Crippen molar-refractivity contribution in [3.05, 3.63) is 22.4 Å². The number of fused-ring (bicyclic) bond motifs is 1. The summed E-state index contributed by atoms with van der Waals surface area (Å²) in [5, 5.41) is 5.88. The van der Waals surface area contributed by atoms with E-state index >= 15 is 0 Å². The number of thiophene rings is 1. The zero-order chi connectivity index (χ0) is 8.02. The molecule has 2 fully saturated rings. The highest BCUT2D eigenvalue weighted by Gasteiger charge is 2.51. The Kier molecular flexibility index (Phi) is 1.38. The highest BCUT2D eigenvalue weighted by atomic mass is 32.1. The van der Waals surface area contributed by atoms with E-state index in [2.05, 4.69) is 22.8 Å². The van der Waals surface area contributed by atoms with Crippen molar-refractivity contribution >= 4 is 11.3 Å². The lowest BCUT2D eigenvalue weighted by Gasteiger charge is -2.44. The first-order valence-electron chi connectivity index (χ1n) is 4.71. The summed E-state index contributed by atoms with van der Waals surface area (Å²) < 4.78 is 0. The molecule has 2 aliphatic rings. The van der Waals surface area contributed by atoms with Crippen molar-refractivity contribution in [1.29, 1.82) is 0 Å². The summed E-state index contributed by atoms with van der Waals surface area (Å²) in [5.41, 5.74) is 0.425. The van der Waals surface area contributed by atoms with Crippen molar-refractivity contribution < 1.29 is 0 Å². The lowest BCUT2D eigenvalue weighted by molar-refractivity contribution is 0.140. The Labute approximate surface area is 76.8 Å². The van der Waals surface area contributed by atoms with Gasteiger partial charge in [0.05, 0.1) is 5.54 Å². The third kappa shape index (κ3) is 0.723. The van der Waals surface area contributed by atoms with Crippen LogP contribution in [0, 0.1) is 5.92 Å². The molecule has 1 aromatic rings. The summed E-state index contributed by atoms with van der Waals surface area (Å²) in [6, 6.07) is 4.46. The maximum absolute atomic E-state index is 3.68. The third-order valence-electron chi connectivity index (χ3n) is 3.48. The molecule has 1 aromatic heterocycles. The van der Waals surface area contributed by atoms with Gasteiger partial charge >= 0.3 is 0 Å². The molecule has 1 saturated carbocycles. The largest absolute Gasteiger partial charge is 0.306 e. The average molecular weight is 179 g/mol. The van der Waals surface area contributed by atoms with E-state index in [1.807, 2.05) is 11.3 Å². The first-order chi connectivity index (χ1) is 5.92. The van der Waals surface area contributed by atoms with Crippen LogP contribution in [0.15, 0.2) is 17.5 Å². The van der Waals surface area contributed by atoms with Crippen LogP contribution in [0.1, 0.15) is 24.1 Å². The smallest absolute Gasteiger partial charge is 0.0557 e. The summed E-state index contributed by atoms with van der Waals surface area (Å²) in [5.74, 6) is 0.941. The molecule has 2 atom stereocenters. The minimum atomic E-state index is 0.425. The first kappa shape index (κ1) is 7.10. The van der Waals surface area contributed by atoms with Gasteiger partial charge in [0.15, 0.2) is 0 Å². The minimum absolute atomic E-state index is 0.425. The molecule has 3 rings (SSSR count). The van der Waals surface area contributed by atoms with Crippen molar-refractivity contribution in [2.24, 2.45) is 5.92 Å². The monoisotopic (exact) mass is 179 g/mol. The minimum Gasteiger partial charge on any atom is -0.306 e. The van der Waals surface area contributed by atoms with Gasteiger partial charge in [0.25, 0.3) is 0 Å². The Morgan fingerprint density at radius 2 is 2.50 bits per heavy atom. The summed E-state index contributed by atoms with van der Waals surface area (Å²) in [6.45, 7) is 1.22. The second kappa shape index (κ2) is 2.33. The molecule has 0 spiro atoms. The summed E-state index contributed by atoms with van der Waals surface area (Å²) >= 11 is 1.91. The number of rotatable bonds is 1. The topological polar surface area (TPSA) is 12.0 Å². The lowest BCUT2D eigenvalue weighted by Crippen LogP contribution is -2.48. The van der Waals surface area contributed by atoms with Crippen LogP contribution >= 0.6 is 11.3 Å². The molecule has 0 bridgehead atoms. The van der Waals surface area contributed by atoms with Crippen molar-refractivity contribution in [3.63, 3.8) is 0 Å². The van der Waals surface area contributed by atoms with Crippen LogP contribution in [0.25, 0.3) is 0 Å². The van der Waals surface area contributed by atoms with E-state index in [1.165, 1.54) is 25.8 Å². The van der Waals surface area contributed by atoms with Gasteiger partial charge in [-0.3, -0.25) is 0 Å². The maximum Gasteiger partial charge on any atom is 0.0557 e. The predicted molar refractivity (Wildman–Crippen MR) is 51.3 cm³/mol. The Bertz CT molecular complexity index is 280. The molecule has 2 heterocycles. The summed E-state index contributed by atoms with van der Waals surface area (Å²) in [6.07, 6.45) is 4.18. The Morgan fingerprint density at radius 3 is 3.08 bits per heavy atom. The zero-order valence-corrected chi connectivity index (χ0v) is 7.86. The van der Waals surface area contributed by atoms with Crippen LogP contribution in [-0.2, 0) is 5.54 Å².